The van der Waals surface area contributed by atoms with E-state index in [1.165, 1.54) is 86.5 Å². The van der Waals surface area contributed by atoms with Gasteiger partial charge in [0.1, 0.15) is 0 Å². The van der Waals surface area contributed by atoms with E-state index in [-0.39, 0.29) is 7.92 Å². The van der Waals surface area contributed by atoms with Crippen LogP contribution in [-0.2, 0) is 0 Å². The van der Waals surface area contributed by atoms with Crippen LogP contribution in [0.3, 0.4) is 0 Å². The van der Waals surface area contributed by atoms with E-state index in [9.17, 15) is 0 Å². The summed E-state index contributed by atoms with van der Waals surface area (Å²) in [5.41, 5.74) is 9.27. The first-order valence-electron chi connectivity index (χ1n) is 11.6. The molecule has 0 amide bonds. The Hall–Kier alpha value is -1.13. The van der Waals surface area contributed by atoms with Crippen molar-refractivity contribution in [2.45, 2.75) is 96.3 Å². The molecule has 28 heavy (non-hydrogen) atoms. The second-order valence-corrected chi connectivity index (χ2v) is 12.0. The van der Waals surface area contributed by atoms with Crippen LogP contribution in [-0.4, -0.2) is 11.3 Å². The fourth-order valence-electron chi connectivity index (χ4n) is 5.93. The third-order valence-electron chi connectivity index (χ3n) is 7.06. The van der Waals surface area contributed by atoms with Crippen LogP contribution in [0.5, 0.6) is 0 Å². The Bertz CT molecular complexity index is 753. The first kappa shape index (κ1) is 20.2. The van der Waals surface area contributed by atoms with Crippen LogP contribution in [0, 0.1) is 20.8 Å². The highest BCUT2D eigenvalue weighted by Gasteiger charge is 2.33. The molecule has 2 aliphatic rings. The minimum Gasteiger partial charge on any atom is -0.0683 e. The zero-order valence-electron chi connectivity index (χ0n) is 18.1. The summed E-state index contributed by atoms with van der Waals surface area (Å²) in [5, 5.41) is 1.73. The summed E-state index contributed by atoms with van der Waals surface area (Å²) in [4.78, 5) is 0. The number of hydrogen-bond donors (Lipinski definition) is 0. The molecule has 0 aromatic heterocycles. The van der Waals surface area contributed by atoms with Gasteiger partial charge in [-0.25, -0.2) is 0 Å². The third-order valence-corrected chi connectivity index (χ3v) is 10.6. The van der Waals surface area contributed by atoms with E-state index in [2.05, 4.69) is 57.2 Å². The Morgan fingerprint density at radius 3 is 1.71 bits per heavy atom. The van der Waals surface area contributed by atoms with Crippen molar-refractivity contribution in [3.05, 3.63) is 53.1 Å². The summed E-state index contributed by atoms with van der Waals surface area (Å²) in [6.07, 6.45) is 14.7. The molecular weight excluding hydrogens is 355 g/mol. The highest BCUT2D eigenvalue weighted by Crippen LogP contribution is 2.56. The van der Waals surface area contributed by atoms with Crippen molar-refractivity contribution in [1.29, 1.82) is 0 Å². The molecule has 0 radical (unpaired) electrons. The number of hydrogen-bond acceptors (Lipinski definition) is 0. The molecule has 0 spiro atoms. The van der Waals surface area contributed by atoms with Crippen molar-refractivity contribution in [3.63, 3.8) is 0 Å². The fourth-order valence-corrected chi connectivity index (χ4v) is 9.87. The van der Waals surface area contributed by atoms with Gasteiger partial charge in [-0.2, -0.15) is 0 Å². The lowest BCUT2D eigenvalue weighted by molar-refractivity contribution is 0.487. The van der Waals surface area contributed by atoms with Gasteiger partial charge >= 0.3 is 0 Å². The molecule has 0 atom stereocenters. The molecule has 0 heterocycles. The van der Waals surface area contributed by atoms with Crippen LogP contribution in [0.4, 0.5) is 0 Å². The number of benzene rings is 2. The van der Waals surface area contributed by atoms with E-state index >= 15 is 0 Å². The van der Waals surface area contributed by atoms with Crippen LogP contribution in [0.15, 0.2) is 36.4 Å². The lowest BCUT2D eigenvalue weighted by Gasteiger charge is -2.40. The van der Waals surface area contributed by atoms with Crippen molar-refractivity contribution in [3.8, 4) is 11.1 Å². The van der Waals surface area contributed by atoms with Crippen molar-refractivity contribution in [2.75, 3.05) is 0 Å². The predicted molar refractivity (Wildman–Crippen MR) is 126 cm³/mol. The van der Waals surface area contributed by atoms with Crippen LogP contribution in [0.1, 0.15) is 80.9 Å². The predicted octanol–water partition coefficient (Wildman–Crippen LogP) is 8.05. The fraction of sp³-hybridized carbons (Fsp3) is 0.556. The summed E-state index contributed by atoms with van der Waals surface area (Å²) in [6, 6.07) is 14.3. The lowest BCUT2D eigenvalue weighted by Crippen LogP contribution is -2.27. The molecular formula is C27H37P. The quantitative estimate of drug-likeness (QED) is 0.462. The number of aryl methyl sites for hydroxylation is 3. The minimum atomic E-state index is -0.0689. The van der Waals surface area contributed by atoms with E-state index < -0.39 is 0 Å². The van der Waals surface area contributed by atoms with Crippen molar-refractivity contribution in [2.24, 2.45) is 0 Å². The van der Waals surface area contributed by atoms with E-state index in [0.717, 1.165) is 11.3 Å². The standard InChI is InChI=1S/C27H37P/c1-20-18-21(2)27(22(3)19-20)25-16-10-11-17-26(25)28(23-12-6-4-7-13-23)24-14-8-5-9-15-24/h10-11,16-19,23-24H,4-9,12-15H2,1-3H3. The van der Waals surface area contributed by atoms with Gasteiger partial charge in [-0.1, -0.05) is 88.4 Å². The van der Waals surface area contributed by atoms with E-state index in [0.29, 0.717) is 0 Å². The van der Waals surface area contributed by atoms with Crippen molar-refractivity contribution < 1.29 is 0 Å². The molecule has 2 saturated carbocycles. The smallest absolute Gasteiger partial charge is 0.0101 e. The summed E-state index contributed by atoms with van der Waals surface area (Å²) < 4.78 is 0. The zero-order chi connectivity index (χ0) is 19.5. The highest BCUT2D eigenvalue weighted by molar-refractivity contribution is 7.67. The molecule has 2 aliphatic carbocycles. The highest BCUT2D eigenvalue weighted by atomic mass is 31.1. The minimum absolute atomic E-state index is 0.0689. The van der Waals surface area contributed by atoms with Gasteiger partial charge in [0, 0.05) is 0 Å². The zero-order valence-corrected chi connectivity index (χ0v) is 19.0. The van der Waals surface area contributed by atoms with E-state index in [4.69, 9.17) is 0 Å². The summed E-state index contributed by atoms with van der Waals surface area (Å²) in [7, 11) is -0.0689. The average molecular weight is 393 g/mol. The van der Waals surface area contributed by atoms with Crippen LogP contribution >= 0.6 is 7.92 Å². The summed E-state index contributed by atoms with van der Waals surface area (Å²) >= 11 is 0. The first-order chi connectivity index (χ1) is 13.6. The molecule has 150 valence electrons. The molecule has 4 rings (SSSR count). The largest absolute Gasteiger partial charge is 0.0683 e. The Morgan fingerprint density at radius 1 is 0.679 bits per heavy atom. The summed E-state index contributed by atoms with van der Waals surface area (Å²) in [6.45, 7) is 6.86. The maximum atomic E-state index is 2.52. The maximum Gasteiger partial charge on any atom is -0.0101 e. The van der Waals surface area contributed by atoms with Gasteiger partial charge in [0.2, 0.25) is 0 Å². The van der Waals surface area contributed by atoms with Gasteiger partial charge in [-0.15, -0.1) is 0 Å². The SMILES string of the molecule is Cc1cc(C)c(-c2ccccc2P(C2CCCCC2)C2CCCCC2)c(C)c1. The molecule has 0 unspecified atom stereocenters. The van der Waals surface area contributed by atoms with Crippen LogP contribution < -0.4 is 5.30 Å². The Labute approximate surface area is 173 Å². The Kier molecular flexibility index (Phi) is 6.57. The first-order valence-corrected chi connectivity index (χ1v) is 13.1. The van der Waals surface area contributed by atoms with Gasteiger partial charge in [-0.05, 0) is 85.3 Å². The van der Waals surface area contributed by atoms with Gasteiger partial charge in [0.25, 0.3) is 0 Å². The van der Waals surface area contributed by atoms with Gasteiger partial charge in [0.15, 0.2) is 0 Å². The van der Waals surface area contributed by atoms with Gasteiger partial charge < -0.3 is 0 Å². The summed E-state index contributed by atoms with van der Waals surface area (Å²) in [5.74, 6) is 0. The normalized spacial score (nSPS) is 19.3. The molecule has 2 fully saturated rings. The molecule has 2 aromatic rings. The lowest BCUT2D eigenvalue weighted by atomic mass is 9.94. The molecule has 0 aliphatic heterocycles. The number of rotatable bonds is 4. The molecule has 0 bridgehead atoms. The topological polar surface area (TPSA) is 0 Å². The molecule has 0 saturated heterocycles. The average Bonchev–Trinajstić information content (AvgIpc) is 2.70. The molecule has 0 nitrogen and oxygen atoms in total. The second-order valence-electron chi connectivity index (χ2n) is 9.28. The van der Waals surface area contributed by atoms with Crippen molar-refractivity contribution >= 4 is 13.2 Å². The van der Waals surface area contributed by atoms with E-state index in [1.807, 2.05) is 0 Å². The molecule has 0 N–H and O–H groups in total. The van der Waals surface area contributed by atoms with Gasteiger partial charge in [0.05, 0.1) is 0 Å². The maximum absolute atomic E-state index is 2.52. The van der Waals surface area contributed by atoms with Gasteiger partial charge in [-0.3, -0.25) is 0 Å². The molecule has 1 heteroatoms. The Balaban J connectivity index is 1.81. The second kappa shape index (κ2) is 9.13. The third kappa shape index (κ3) is 4.23. The van der Waals surface area contributed by atoms with E-state index in [1.54, 1.807) is 10.9 Å². The van der Waals surface area contributed by atoms with Crippen molar-refractivity contribution in [1.82, 2.24) is 0 Å². The molecule has 2 aromatic carbocycles. The monoisotopic (exact) mass is 392 g/mol. The Morgan fingerprint density at radius 2 is 1.18 bits per heavy atom. The van der Waals surface area contributed by atoms with Crippen LogP contribution in [0.2, 0.25) is 0 Å². The van der Waals surface area contributed by atoms with Crippen LogP contribution in [0.25, 0.3) is 11.1 Å².